The van der Waals surface area contributed by atoms with Gasteiger partial charge in [-0.15, -0.1) is 0 Å². The molecular weight excluding hydrogens is 513 g/mol. The largest absolute Gasteiger partial charge is 0.402 e. The van der Waals surface area contributed by atoms with Gasteiger partial charge in [0.05, 0.1) is 0 Å². The predicted octanol–water partition coefficient (Wildman–Crippen LogP) is 3.69. The summed E-state index contributed by atoms with van der Waals surface area (Å²) in [6.45, 7) is 9.61. The van der Waals surface area contributed by atoms with Crippen molar-refractivity contribution in [3.8, 4) is 0 Å². The van der Waals surface area contributed by atoms with Gasteiger partial charge >= 0.3 is 0 Å². The summed E-state index contributed by atoms with van der Waals surface area (Å²) in [5.74, 6) is 1.12. The minimum atomic E-state index is -0.370. The first kappa shape index (κ1) is 27.3. The normalized spacial score (nSPS) is 18.7. The molecule has 0 radical (unpaired) electrons. The van der Waals surface area contributed by atoms with Crippen LogP contribution in [0.1, 0.15) is 25.5 Å². The van der Waals surface area contributed by atoms with E-state index in [4.69, 9.17) is 16.5 Å². The zero-order chi connectivity index (χ0) is 27.5. The Balaban J connectivity index is 1.40. The number of benzene rings is 1. The number of aliphatic imine (C=N–C) groups is 1. The Kier molecular flexibility index (Phi) is 8.29. The monoisotopic (exact) mass is 549 g/mol. The molecule has 0 bridgehead atoms. The standard InChI is InChI=1S/C28H36FN9S/c1-18(30)14-24(31)33-25-17-26(38-12-10-37(11-13-38)21-6-8-36(3)9-7-21)35-28(34-25)39-22-15-20-5-4-19(2)32-27(20)23(29)16-22/h4-5,14-17,21H,6-13,30H2,1-3H3,(H2,31,33,34,35). The highest BCUT2D eigenvalue weighted by Crippen LogP contribution is 2.32. The van der Waals surface area contributed by atoms with Gasteiger partial charge in [-0.05, 0) is 82.9 Å². The molecule has 0 saturated carbocycles. The summed E-state index contributed by atoms with van der Waals surface area (Å²) in [6.07, 6.45) is 4.03. The summed E-state index contributed by atoms with van der Waals surface area (Å²) in [6, 6.07) is 9.64. The topological polar surface area (TPSA) is 113 Å². The highest BCUT2D eigenvalue weighted by Gasteiger charge is 2.27. The van der Waals surface area contributed by atoms with Crippen LogP contribution in [0, 0.1) is 12.7 Å². The van der Waals surface area contributed by atoms with Gasteiger partial charge in [-0.2, -0.15) is 0 Å². The molecule has 4 N–H and O–H groups in total. The Bertz CT molecular complexity index is 1390. The number of hydrogen-bond acceptors (Lipinski definition) is 9. The summed E-state index contributed by atoms with van der Waals surface area (Å²) in [4.78, 5) is 26.3. The highest BCUT2D eigenvalue weighted by atomic mass is 32.2. The molecule has 2 aliphatic rings. The van der Waals surface area contributed by atoms with Crippen LogP contribution in [-0.2, 0) is 0 Å². The first-order chi connectivity index (χ1) is 18.7. The fourth-order valence-electron chi connectivity index (χ4n) is 5.17. The van der Waals surface area contributed by atoms with Gasteiger partial charge in [-0.3, -0.25) is 9.88 Å². The van der Waals surface area contributed by atoms with Crippen LogP contribution in [0.5, 0.6) is 0 Å². The maximum Gasteiger partial charge on any atom is 0.196 e. The van der Waals surface area contributed by atoms with E-state index in [0.717, 1.165) is 56.2 Å². The lowest BCUT2D eigenvalue weighted by molar-refractivity contribution is 0.115. The molecule has 4 heterocycles. The number of piperidine rings is 1. The molecule has 0 unspecified atom stereocenters. The molecule has 2 aromatic heterocycles. The Morgan fingerprint density at radius 3 is 2.49 bits per heavy atom. The van der Waals surface area contributed by atoms with Crippen LogP contribution in [0.15, 0.2) is 57.1 Å². The molecule has 0 atom stereocenters. The second-order valence-corrected chi connectivity index (χ2v) is 11.4. The van der Waals surface area contributed by atoms with Gasteiger partial charge in [0.15, 0.2) is 16.8 Å². The number of piperazine rings is 1. The second kappa shape index (κ2) is 11.8. The number of anilines is 1. The third-order valence-corrected chi connectivity index (χ3v) is 8.04. The molecule has 3 aromatic rings. The molecular formula is C28H36FN9S. The molecule has 5 rings (SSSR count). The van der Waals surface area contributed by atoms with Crippen molar-refractivity contribution in [3.05, 3.63) is 53.6 Å². The lowest BCUT2D eigenvalue weighted by Gasteiger charge is -2.42. The number of rotatable bonds is 6. The molecule has 0 amide bonds. The minimum Gasteiger partial charge on any atom is -0.402 e. The van der Waals surface area contributed by atoms with E-state index in [1.807, 2.05) is 31.2 Å². The molecule has 0 aliphatic carbocycles. The maximum atomic E-state index is 14.9. The zero-order valence-corrected chi connectivity index (χ0v) is 23.6. The van der Waals surface area contributed by atoms with Crippen molar-refractivity contribution < 1.29 is 4.39 Å². The number of aryl methyl sites for hydroxylation is 1. The highest BCUT2D eigenvalue weighted by molar-refractivity contribution is 7.99. The smallest absolute Gasteiger partial charge is 0.196 e. The summed E-state index contributed by atoms with van der Waals surface area (Å²) in [5.41, 5.74) is 13.6. The number of halogens is 1. The Hall–Kier alpha value is -3.28. The minimum absolute atomic E-state index is 0.265. The maximum absolute atomic E-state index is 14.9. The van der Waals surface area contributed by atoms with Crippen LogP contribution in [-0.4, -0.2) is 82.9 Å². The number of pyridine rings is 1. The van der Waals surface area contributed by atoms with E-state index in [2.05, 4.69) is 36.7 Å². The SMILES string of the molecule is CC(N)=CC(N)=Nc1cc(N2CCN(C3CCN(C)CC3)CC2)nc(Sc2cc(F)c3nc(C)ccc3c2)n1. The Morgan fingerprint density at radius 1 is 1.03 bits per heavy atom. The van der Waals surface area contributed by atoms with E-state index in [0.29, 0.717) is 33.1 Å². The Morgan fingerprint density at radius 2 is 1.77 bits per heavy atom. The van der Waals surface area contributed by atoms with Gasteiger partial charge in [0.25, 0.3) is 0 Å². The number of nitrogens with two attached hydrogens (primary N) is 2. The summed E-state index contributed by atoms with van der Waals surface area (Å²) in [7, 11) is 2.19. The quantitative estimate of drug-likeness (QED) is 0.270. The van der Waals surface area contributed by atoms with Gasteiger partial charge < -0.3 is 21.3 Å². The number of aromatic nitrogens is 3. The molecule has 2 aliphatic heterocycles. The number of likely N-dealkylation sites (tertiary alicyclic amines) is 1. The van der Waals surface area contributed by atoms with Crippen molar-refractivity contribution in [1.82, 2.24) is 24.8 Å². The lowest BCUT2D eigenvalue weighted by Crippen LogP contribution is -2.53. The van der Waals surface area contributed by atoms with Crippen LogP contribution in [0.25, 0.3) is 10.9 Å². The molecule has 2 fully saturated rings. The summed E-state index contributed by atoms with van der Waals surface area (Å²) in [5, 5.41) is 1.21. The van der Waals surface area contributed by atoms with Gasteiger partial charge in [-0.25, -0.2) is 19.4 Å². The fraction of sp³-hybridized carbons (Fsp3) is 0.429. The van der Waals surface area contributed by atoms with Crippen molar-refractivity contribution in [2.24, 2.45) is 16.5 Å². The number of hydrogen-bond donors (Lipinski definition) is 2. The molecule has 0 spiro atoms. The predicted molar refractivity (Wildman–Crippen MR) is 156 cm³/mol. The van der Waals surface area contributed by atoms with E-state index in [9.17, 15) is 4.39 Å². The summed E-state index contributed by atoms with van der Waals surface area (Å²) < 4.78 is 14.9. The molecule has 206 valence electrons. The molecule has 11 heteroatoms. The van der Waals surface area contributed by atoms with E-state index in [1.165, 1.54) is 30.7 Å². The molecule has 39 heavy (non-hydrogen) atoms. The van der Waals surface area contributed by atoms with Crippen molar-refractivity contribution in [2.45, 2.75) is 42.8 Å². The van der Waals surface area contributed by atoms with Gasteiger partial charge in [0.2, 0.25) is 0 Å². The van der Waals surface area contributed by atoms with E-state index < -0.39 is 0 Å². The van der Waals surface area contributed by atoms with E-state index in [1.54, 1.807) is 13.0 Å². The van der Waals surface area contributed by atoms with Crippen LogP contribution in [0.2, 0.25) is 0 Å². The fourth-order valence-corrected chi connectivity index (χ4v) is 6.01. The number of allylic oxidation sites excluding steroid dienone is 1. The summed E-state index contributed by atoms with van der Waals surface area (Å²) >= 11 is 1.30. The van der Waals surface area contributed by atoms with Crippen LogP contribution < -0.4 is 16.4 Å². The Labute approximate surface area is 233 Å². The number of fused-ring (bicyclic) bond motifs is 1. The zero-order valence-electron chi connectivity index (χ0n) is 22.8. The first-order valence-corrected chi connectivity index (χ1v) is 14.1. The van der Waals surface area contributed by atoms with E-state index in [-0.39, 0.29) is 11.7 Å². The number of amidine groups is 1. The molecule has 2 saturated heterocycles. The number of nitrogens with zero attached hydrogens (tertiary/aromatic N) is 7. The van der Waals surface area contributed by atoms with Gasteiger partial charge in [0, 0.05) is 60.0 Å². The lowest BCUT2D eigenvalue weighted by atomic mass is 10.0. The molecule has 9 nitrogen and oxygen atoms in total. The molecule has 1 aromatic carbocycles. The van der Waals surface area contributed by atoms with Gasteiger partial charge in [0.1, 0.15) is 17.2 Å². The van der Waals surface area contributed by atoms with Crippen LogP contribution in [0.3, 0.4) is 0 Å². The average Bonchev–Trinajstić information content (AvgIpc) is 2.89. The third-order valence-electron chi connectivity index (χ3n) is 7.21. The van der Waals surface area contributed by atoms with Crippen molar-refractivity contribution in [3.63, 3.8) is 0 Å². The van der Waals surface area contributed by atoms with Crippen LogP contribution >= 0.6 is 11.8 Å². The third kappa shape index (κ3) is 6.84. The van der Waals surface area contributed by atoms with Crippen LogP contribution in [0.4, 0.5) is 16.0 Å². The van der Waals surface area contributed by atoms with Crippen molar-refractivity contribution in [1.29, 1.82) is 0 Å². The first-order valence-electron chi connectivity index (χ1n) is 13.3. The second-order valence-electron chi connectivity index (χ2n) is 10.4. The van der Waals surface area contributed by atoms with E-state index >= 15 is 0 Å². The van der Waals surface area contributed by atoms with Crippen molar-refractivity contribution >= 4 is 40.1 Å². The van der Waals surface area contributed by atoms with Crippen molar-refractivity contribution in [2.75, 3.05) is 51.2 Å². The van der Waals surface area contributed by atoms with Gasteiger partial charge in [-0.1, -0.05) is 6.07 Å². The average molecular weight is 550 g/mol.